The Morgan fingerprint density at radius 2 is 1.90 bits per heavy atom. The second kappa shape index (κ2) is 6.39. The van der Waals surface area contributed by atoms with E-state index in [4.69, 9.17) is 4.74 Å². The third-order valence-corrected chi connectivity index (χ3v) is 3.13. The SMILES string of the molecule is CC(C)CCOC(=O)Cn1[nH]c(=O)c2ccccc2c1=O. The van der Waals surface area contributed by atoms with Crippen molar-refractivity contribution >= 4 is 16.7 Å². The van der Waals surface area contributed by atoms with Gasteiger partial charge in [-0.2, -0.15) is 0 Å². The van der Waals surface area contributed by atoms with E-state index in [1.54, 1.807) is 24.3 Å². The van der Waals surface area contributed by atoms with Gasteiger partial charge in [-0.15, -0.1) is 0 Å². The Kier molecular flexibility index (Phi) is 4.57. The molecule has 1 N–H and O–H groups in total. The number of fused-ring (bicyclic) bond motifs is 1. The summed E-state index contributed by atoms with van der Waals surface area (Å²) in [7, 11) is 0. The molecule has 2 aromatic rings. The second-order valence-corrected chi connectivity index (χ2v) is 5.28. The molecule has 0 fully saturated rings. The van der Waals surface area contributed by atoms with Crippen LogP contribution in [0.1, 0.15) is 20.3 Å². The van der Waals surface area contributed by atoms with Gasteiger partial charge in [0.1, 0.15) is 6.54 Å². The summed E-state index contributed by atoms with van der Waals surface area (Å²) in [4.78, 5) is 35.7. The van der Waals surface area contributed by atoms with Crippen LogP contribution in [-0.4, -0.2) is 22.4 Å². The molecule has 6 heteroatoms. The van der Waals surface area contributed by atoms with E-state index >= 15 is 0 Å². The number of aromatic nitrogens is 2. The number of H-pyrrole nitrogens is 1. The van der Waals surface area contributed by atoms with Crippen LogP contribution in [0.15, 0.2) is 33.9 Å². The van der Waals surface area contributed by atoms with E-state index in [-0.39, 0.29) is 11.9 Å². The van der Waals surface area contributed by atoms with Crippen LogP contribution in [0, 0.1) is 5.92 Å². The third kappa shape index (κ3) is 3.59. The zero-order valence-electron chi connectivity index (χ0n) is 12.1. The van der Waals surface area contributed by atoms with Crippen molar-refractivity contribution in [3.63, 3.8) is 0 Å². The number of ether oxygens (including phenoxy) is 1. The predicted molar refractivity (Wildman–Crippen MR) is 79.2 cm³/mol. The van der Waals surface area contributed by atoms with E-state index in [0.717, 1.165) is 11.1 Å². The molecular weight excluding hydrogens is 272 g/mol. The molecule has 112 valence electrons. The van der Waals surface area contributed by atoms with Gasteiger partial charge >= 0.3 is 5.97 Å². The molecule has 0 aliphatic heterocycles. The first kappa shape index (κ1) is 15.0. The van der Waals surface area contributed by atoms with Crippen molar-refractivity contribution in [2.24, 2.45) is 5.92 Å². The van der Waals surface area contributed by atoms with Gasteiger partial charge in [0.2, 0.25) is 0 Å². The zero-order valence-corrected chi connectivity index (χ0v) is 12.1. The lowest BCUT2D eigenvalue weighted by Gasteiger charge is -2.08. The van der Waals surface area contributed by atoms with Crippen molar-refractivity contribution in [3.8, 4) is 0 Å². The molecular formula is C15H18N2O4. The molecule has 21 heavy (non-hydrogen) atoms. The molecule has 0 radical (unpaired) electrons. The molecule has 0 atom stereocenters. The van der Waals surface area contributed by atoms with E-state index in [1.807, 2.05) is 13.8 Å². The highest BCUT2D eigenvalue weighted by Gasteiger charge is 2.11. The Morgan fingerprint density at radius 1 is 1.24 bits per heavy atom. The van der Waals surface area contributed by atoms with Gasteiger partial charge in [-0.05, 0) is 24.5 Å². The molecule has 6 nitrogen and oxygen atoms in total. The quantitative estimate of drug-likeness (QED) is 0.841. The largest absolute Gasteiger partial charge is 0.464 e. The number of esters is 1. The average molecular weight is 290 g/mol. The fourth-order valence-electron chi connectivity index (χ4n) is 1.94. The summed E-state index contributed by atoms with van der Waals surface area (Å²) in [6, 6.07) is 6.49. The lowest BCUT2D eigenvalue weighted by molar-refractivity contribution is -0.145. The standard InChI is InChI=1S/C15H18N2O4/c1-10(2)7-8-21-13(18)9-17-15(20)12-6-4-3-5-11(12)14(19)16-17/h3-6,10H,7-9H2,1-2H3,(H,16,19). The van der Waals surface area contributed by atoms with Gasteiger partial charge in [0.25, 0.3) is 11.1 Å². The summed E-state index contributed by atoms with van der Waals surface area (Å²) in [5.41, 5.74) is -0.814. The minimum absolute atomic E-state index is 0.288. The van der Waals surface area contributed by atoms with Crippen LogP contribution in [-0.2, 0) is 16.1 Å². The Bertz CT molecular complexity index is 758. The van der Waals surface area contributed by atoms with Crippen LogP contribution in [0.5, 0.6) is 0 Å². The molecule has 0 unspecified atom stereocenters. The summed E-state index contributed by atoms with van der Waals surface area (Å²) >= 11 is 0. The molecule has 0 amide bonds. The molecule has 0 aliphatic carbocycles. The van der Waals surface area contributed by atoms with Crippen molar-refractivity contribution in [1.82, 2.24) is 9.78 Å². The first-order valence-electron chi connectivity index (χ1n) is 6.86. The van der Waals surface area contributed by atoms with Crippen LogP contribution >= 0.6 is 0 Å². The maximum atomic E-state index is 12.2. The van der Waals surface area contributed by atoms with Gasteiger partial charge in [0, 0.05) is 0 Å². The zero-order chi connectivity index (χ0) is 15.4. The Morgan fingerprint density at radius 3 is 2.57 bits per heavy atom. The third-order valence-electron chi connectivity index (χ3n) is 3.13. The molecule has 1 aromatic carbocycles. The highest BCUT2D eigenvalue weighted by Crippen LogP contribution is 2.03. The summed E-state index contributed by atoms with van der Waals surface area (Å²) in [6.07, 6.45) is 0.759. The number of aromatic amines is 1. The van der Waals surface area contributed by atoms with E-state index < -0.39 is 17.1 Å². The highest BCUT2D eigenvalue weighted by atomic mass is 16.5. The number of nitrogens with zero attached hydrogens (tertiary/aromatic N) is 1. The minimum Gasteiger partial charge on any atom is -0.464 e. The van der Waals surface area contributed by atoms with Gasteiger partial charge in [0.15, 0.2) is 0 Å². The van der Waals surface area contributed by atoms with Gasteiger partial charge in [0.05, 0.1) is 17.4 Å². The number of carbonyl (C=O) groups is 1. The summed E-state index contributed by atoms with van der Waals surface area (Å²) < 4.78 is 6.03. The second-order valence-electron chi connectivity index (χ2n) is 5.28. The Hall–Kier alpha value is -2.37. The number of benzene rings is 1. The Balaban J connectivity index is 2.20. The van der Waals surface area contributed by atoms with E-state index in [9.17, 15) is 14.4 Å². The summed E-state index contributed by atoms with van der Waals surface area (Å²) in [5, 5.41) is 3.00. The number of hydrogen-bond acceptors (Lipinski definition) is 4. The monoisotopic (exact) mass is 290 g/mol. The van der Waals surface area contributed by atoms with Gasteiger partial charge < -0.3 is 4.74 Å². The van der Waals surface area contributed by atoms with Crippen LogP contribution in [0.4, 0.5) is 0 Å². The molecule has 2 rings (SSSR count). The van der Waals surface area contributed by atoms with Crippen LogP contribution in [0.2, 0.25) is 0 Å². The molecule has 1 heterocycles. The lowest BCUT2D eigenvalue weighted by Crippen LogP contribution is -2.33. The number of rotatable bonds is 5. The van der Waals surface area contributed by atoms with Gasteiger partial charge in [-0.1, -0.05) is 26.0 Å². The molecule has 0 bridgehead atoms. The average Bonchev–Trinajstić information content (AvgIpc) is 2.44. The Labute approximate surface area is 121 Å². The fourth-order valence-corrected chi connectivity index (χ4v) is 1.94. The lowest BCUT2D eigenvalue weighted by atomic mass is 10.1. The van der Waals surface area contributed by atoms with E-state index in [0.29, 0.717) is 17.9 Å². The van der Waals surface area contributed by atoms with Crippen molar-refractivity contribution < 1.29 is 9.53 Å². The normalized spacial score (nSPS) is 11.0. The highest BCUT2D eigenvalue weighted by molar-refractivity contribution is 5.80. The predicted octanol–water partition coefficient (Wildman–Crippen LogP) is 1.28. The maximum absolute atomic E-state index is 12.2. The van der Waals surface area contributed by atoms with Crippen LogP contribution in [0.25, 0.3) is 10.8 Å². The maximum Gasteiger partial charge on any atom is 0.327 e. The summed E-state index contributed by atoms with van der Waals surface area (Å²) in [6.45, 7) is 4.07. The van der Waals surface area contributed by atoms with Crippen molar-refractivity contribution in [3.05, 3.63) is 45.0 Å². The van der Waals surface area contributed by atoms with Gasteiger partial charge in [-0.25, -0.2) is 4.68 Å². The van der Waals surface area contributed by atoms with Crippen LogP contribution < -0.4 is 11.1 Å². The van der Waals surface area contributed by atoms with Crippen molar-refractivity contribution in [2.45, 2.75) is 26.8 Å². The van der Waals surface area contributed by atoms with Crippen molar-refractivity contribution in [1.29, 1.82) is 0 Å². The number of carbonyl (C=O) groups excluding carboxylic acids is 1. The first-order chi connectivity index (χ1) is 9.99. The van der Waals surface area contributed by atoms with Crippen molar-refractivity contribution in [2.75, 3.05) is 6.61 Å². The summed E-state index contributed by atoms with van der Waals surface area (Å²) in [5.74, 6) is -0.107. The molecule has 1 aromatic heterocycles. The molecule has 0 saturated heterocycles. The first-order valence-corrected chi connectivity index (χ1v) is 6.86. The molecule has 0 spiro atoms. The molecule has 0 saturated carbocycles. The van der Waals surface area contributed by atoms with Crippen LogP contribution in [0.3, 0.4) is 0 Å². The van der Waals surface area contributed by atoms with E-state index in [1.165, 1.54) is 0 Å². The number of hydrogen-bond donors (Lipinski definition) is 1. The van der Waals surface area contributed by atoms with E-state index in [2.05, 4.69) is 5.10 Å². The topological polar surface area (TPSA) is 81.2 Å². The number of nitrogens with one attached hydrogen (secondary N) is 1. The fraction of sp³-hybridized carbons (Fsp3) is 0.400. The molecule has 0 aliphatic rings. The minimum atomic E-state index is -0.538. The van der Waals surface area contributed by atoms with Gasteiger partial charge in [-0.3, -0.25) is 19.5 Å². The smallest absolute Gasteiger partial charge is 0.327 e.